The Morgan fingerprint density at radius 1 is 1.47 bits per heavy atom. The van der Waals surface area contributed by atoms with E-state index in [4.69, 9.17) is 0 Å². The zero-order valence-electron chi connectivity index (χ0n) is 9.98. The molecule has 1 amide bonds. The van der Waals surface area contributed by atoms with Crippen LogP contribution < -0.4 is 5.32 Å². The number of pyridine rings is 1. The van der Waals surface area contributed by atoms with Gasteiger partial charge >= 0.3 is 0 Å². The Kier molecular flexibility index (Phi) is 2.61. The summed E-state index contributed by atoms with van der Waals surface area (Å²) in [5.41, 5.74) is 1.58. The van der Waals surface area contributed by atoms with Gasteiger partial charge in [-0.25, -0.2) is 0 Å². The standard InChI is InChI=1S/C14H18N2O/c17-13(12-10-14(12)6-7-14)16-9-3-5-11-4-1-2-8-15-11/h1-2,4,8,12H,3,5-7,9-10H2,(H,16,17)/t12-/m0/s1. The largest absolute Gasteiger partial charge is 0.356 e. The molecule has 1 aromatic heterocycles. The highest BCUT2D eigenvalue weighted by molar-refractivity contribution is 5.83. The Bertz CT molecular complexity index is 411. The maximum absolute atomic E-state index is 11.7. The van der Waals surface area contributed by atoms with Crippen LogP contribution in [0.5, 0.6) is 0 Å². The van der Waals surface area contributed by atoms with Crippen LogP contribution in [0, 0.1) is 11.3 Å². The first-order valence-electron chi connectivity index (χ1n) is 6.48. The fourth-order valence-corrected chi connectivity index (χ4v) is 2.58. The lowest BCUT2D eigenvalue weighted by Gasteiger charge is -2.04. The minimum absolute atomic E-state index is 0.281. The van der Waals surface area contributed by atoms with Crippen molar-refractivity contribution in [3.8, 4) is 0 Å². The zero-order chi connectivity index (χ0) is 11.7. The van der Waals surface area contributed by atoms with Crippen LogP contribution in [0.1, 0.15) is 31.4 Å². The quantitative estimate of drug-likeness (QED) is 0.785. The molecular weight excluding hydrogens is 212 g/mol. The first-order chi connectivity index (χ1) is 8.30. The molecule has 3 nitrogen and oxygen atoms in total. The second-order valence-corrected chi connectivity index (χ2v) is 5.33. The van der Waals surface area contributed by atoms with Crippen LogP contribution in [-0.4, -0.2) is 17.4 Å². The van der Waals surface area contributed by atoms with Crippen LogP contribution >= 0.6 is 0 Å². The summed E-state index contributed by atoms with van der Waals surface area (Å²) in [5.74, 6) is 0.626. The molecular formula is C14H18N2O. The van der Waals surface area contributed by atoms with Crippen LogP contribution in [0.3, 0.4) is 0 Å². The Hall–Kier alpha value is -1.38. The molecule has 1 N–H and O–H groups in total. The average Bonchev–Trinajstić information content (AvgIpc) is 3.27. The van der Waals surface area contributed by atoms with E-state index in [0.717, 1.165) is 31.5 Å². The molecule has 1 atom stereocenters. The summed E-state index contributed by atoms with van der Waals surface area (Å²) < 4.78 is 0. The molecule has 1 spiro atoms. The third-order valence-electron chi connectivity index (χ3n) is 4.03. The number of nitrogens with one attached hydrogen (secondary N) is 1. The summed E-state index contributed by atoms with van der Waals surface area (Å²) in [6.07, 6.45) is 7.42. The molecule has 0 bridgehead atoms. The van der Waals surface area contributed by atoms with E-state index in [0.29, 0.717) is 11.3 Å². The zero-order valence-corrected chi connectivity index (χ0v) is 9.98. The van der Waals surface area contributed by atoms with Gasteiger partial charge in [-0.2, -0.15) is 0 Å². The predicted octanol–water partition coefficient (Wildman–Crippen LogP) is 1.93. The second kappa shape index (κ2) is 4.13. The van der Waals surface area contributed by atoms with Crippen LogP contribution in [0.4, 0.5) is 0 Å². The highest BCUT2D eigenvalue weighted by Gasteiger charge is 2.65. The number of carbonyl (C=O) groups is 1. The van der Waals surface area contributed by atoms with E-state index in [9.17, 15) is 4.79 Å². The van der Waals surface area contributed by atoms with Crippen molar-refractivity contribution in [2.75, 3.05) is 6.54 Å². The predicted molar refractivity (Wildman–Crippen MR) is 65.3 cm³/mol. The van der Waals surface area contributed by atoms with Crippen molar-refractivity contribution in [1.29, 1.82) is 0 Å². The summed E-state index contributed by atoms with van der Waals surface area (Å²) in [7, 11) is 0. The van der Waals surface area contributed by atoms with Crippen molar-refractivity contribution in [3.05, 3.63) is 30.1 Å². The summed E-state index contributed by atoms with van der Waals surface area (Å²) in [5, 5.41) is 3.04. The van der Waals surface area contributed by atoms with E-state index >= 15 is 0 Å². The third-order valence-corrected chi connectivity index (χ3v) is 4.03. The monoisotopic (exact) mass is 230 g/mol. The van der Waals surface area contributed by atoms with Gasteiger partial charge in [-0.3, -0.25) is 9.78 Å². The van der Waals surface area contributed by atoms with Crippen molar-refractivity contribution in [2.45, 2.75) is 32.1 Å². The number of rotatable bonds is 5. The van der Waals surface area contributed by atoms with E-state index in [1.807, 2.05) is 24.4 Å². The molecule has 0 aromatic carbocycles. The maximum Gasteiger partial charge on any atom is 0.223 e. The van der Waals surface area contributed by atoms with E-state index in [1.54, 1.807) is 0 Å². The van der Waals surface area contributed by atoms with E-state index < -0.39 is 0 Å². The first-order valence-corrected chi connectivity index (χ1v) is 6.48. The molecule has 0 unspecified atom stereocenters. The summed E-state index contributed by atoms with van der Waals surface area (Å²) in [4.78, 5) is 16.0. The SMILES string of the molecule is O=C(NCCCc1ccccn1)[C@@H]1CC12CC2. The molecule has 3 heteroatoms. The van der Waals surface area contributed by atoms with Crippen molar-refractivity contribution in [3.63, 3.8) is 0 Å². The topological polar surface area (TPSA) is 42.0 Å². The minimum atomic E-state index is 0.281. The Morgan fingerprint density at radius 2 is 2.35 bits per heavy atom. The van der Waals surface area contributed by atoms with E-state index in [1.165, 1.54) is 12.8 Å². The van der Waals surface area contributed by atoms with Crippen LogP contribution in [0.15, 0.2) is 24.4 Å². The van der Waals surface area contributed by atoms with Gasteiger partial charge in [0.05, 0.1) is 0 Å². The molecule has 2 aliphatic carbocycles. The number of carbonyl (C=O) groups excluding carboxylic acids is 1. The number of amides is 1. The molecule has 2 fully saturated rings. The minimum Gasteiger partial charge on any atom is -0.356 e. The lowest BCUT2D eigenvalue weighted by molar-refractivity contribution is -0.122. The Balaban J connectivity index is 1.34. The molecule has 1 aromatic rings. The highest BCUT2D eigenvalue weighted by Crippen LogP contribution is 2.70. The second-order valence-electron chi connectivity index (χ2n) is 5.33. The fourth-order valence-electron chi connectivity index (χ4n) is 2.58. The first kappa shape index (κ1) is 10.8. The smallest absolute Gasteiger partial charge is 0.223 e. The highest BCUT2D eigenvalue weighted by atomic mass is 16.2. The lowest BCUT2D eigenvalue weighted by atomic mass is 10.2. The summed E-state index contributed by atoms with van der Waals surface area (Å²) in [6, 6.07) is 5.96. The fraction of sp³-hybridized carbons (Fsp3) is 0.571. The molecule has 3 rings (SSSR count). The van der Waals surface area contributed by atoms with Gasteiger partial charge in [0.1, 0.15) is 0 Å². The van der Waals surface area contributed by atoms with Gasteiger partial charge in [-0.1, -0.05) is 6.07 Å². The third kappa shape index (κ3) is 2.33. The van der Waals surface area contributed by atoms with Gasteiger partial charge in [0.2, 0.25) is 5.91 Å². The lowest BCUT2D eigenvalue weighted by Crippen LogP contribution is -2.27. The van der Waals surface area contributed by atoms with Gasteiger partial charge in [0.15, 0.2) is 0 Å². The molecule has 2 aliphatic rings. The van der Waals surface area contributed by atoms with Crippen molar-refractivity contribution in [1.82, 2.24) is 10.3 Å². The summed E-state index contributed by atoms with van der Waals surface area (Å²) in [6.45, 7) is 0.780. The molecule has 90 valence electrons. The molecule has 1 heterocycles. The van der Waals surface area contributed by atoms with Crippen molar-refractivity contribution >= 4 is 5.91 Å². The van der Waals surface area contributed by atoms with Gasteiger partial charge in [0, 0.05) is 24.4 Å². The summed E-state index contributed by atoms with van der Waals surface area (Å²) >= 11 is 0. The van der Waals surface area contributed by atoms with Crippen LogP contribution in [0.2, 0.25) is 0 Å². The number of nitrogens with zero attached hydrogens (tertiary/aromatic N) is 1. The number of hydrogen-bond donors (Lipinski definition) is 1. The van der Waals surface area contributed by atoms with Crippen molar-refractivity contribution in [2.24, 2.45) is 11.3 Å². The average molecular weight is 230 g/mol. The Morgan fingerprint density at radius 3 is 3.00 bits per heavy atom. The van der Waals surface area contributed by atoms with Gasteiger partial charge < -0.3 is 5.32 Å². The molecule has 17 heavy (non-hydrogen) atoms. The van der Waals surface area contributed by atoms with Crippen LogP contribution in [0.25, 0.3) is 0 Å². The van der Waals surface area contributed by atoms with Gasteiger partial charge in [0.25, 0.3) is 0 Å². The van der Waals surface area contributed by atoms with Crippen molar-refractivity contribution < 1.29 is 4.79 Å². The molecule has 0 radical (unpaired) electrons. The number of aryl methyl sites for hydroxylation is 1. The van der Waals surface area contributed by atoms with Crippen LogP contribution in [-0.2, 0) is 11.2 Å². The van der Waals surface area contributed by atoms with E-state index in [-0.39, 0.29) is 5.91 Å². The molecule has 2 saturated carbocycles. The normalized spacial score (nSPS) is 23.4. The Labute approximate surface area is 102 Å². The maximum atomic E-state index is 11.7. The number of aromatic nitrogens is 1. The van der Waals surface area contributed by atoms with Gasteiger partial charge in [-0.15, -0.1) is 0 Å². The molecule has 0 saturated heterocycles. The number of hydrogen-bond acceptors (Lipinski definition) is 2. The molecule has 0 aliphatic heterocycles. The van der Waals surface area contributed by atoms with Gasteiger partial charge in [-0.05, 0) is 49.7 Å². The van der Waals surface area contributed by atoms with E-state index in [2.05, 4.69) is 10.3 Å².